The number of benzene rings is 1. The number of halogens is 3. The summed E-state index contributed by atoms with van der Waals surface area (Å²) in [6, 6.07) is 4.11. The summed E-state index contributed by atoms with van der Waals surface area (Å²) in [6.07, 6.45) is 0. The Labute approximate surface area is 130 Å². The van der Waals surface area contributed by atoms with Crippen molar-refractivity contribution in [2.45, 2.75) is 0 Å². The fraction of sp³-hybridized carbons (Fsp3) is 0. The van der Waals surface area contributed by atoms with Crippen LogP contribution in [-0.2, 0) is 0 Å². The molecule has 1 aromatic heterocycles. The maximum Gasteiger partial charge on any atom is 0.268 e. The van der Waals surface area contributed by atoms with Gasteiger partial charge in [0.1, 0.15) is 29.1 Å². The molecule has 0 atom stereocenters. The highest BCUT2D eigenvalue weighted by Gasteiger charge is 2.25. The van der Waals surface area contributed by atoms with E-state index < -0.39 is 39.6 Å². The summed E-state index contributed by atoms with van der Waals surface area (Å²) in [5.41, 5.74) is 2.57. The fourth-order valence-electron chi connectivity index (χ4n) is 1.88. The van der Waals surface area contributed by atoms with Crippen molar-refractivity contribution < 1.29 is 13.9 Å². The second-order valence-corrected chi connectivity index (χ2v) is 4.95. The maximum atomic E-state index is 14.1. The maximum absolute atomic E-state index is 14.1. The minimum absolute atomic E-state index is 0.215. The van der Waals surface area contributed by atoms with E-state index in [1.807, 2.05) is 0 Å². The number of nitrogens with zero attached hydrogens (tertiary/aromatic N) is 2. The van der Waals surface area contributed by atoms with Gasteiger partial charge in [-0.1, -0.05) is 0 Å². The first-order chi connectivity index (χ1) is 10.3. The Morgan fingerprint density at radius 2 is 1.82 bits per heavy atom. The quantitative estimate of drug-likeness (QED) is 0.666. The largest absolute Gasteiger partial charge is 0.504 e. The Balaban J connectivity index is 3.06. The van der Waals surface area contributed by atoms with Crippen LogP contribution >= 0.6 is 15.9 Å². The summed E-state index contributed by atoms with van der Waals surface area (Å²) in [5.74, 6) is -4.46. The van der Waals surface area contributed by atoms with Gasteiger partial charge >= 0.3 is 0 Å². The lowest BCUT2D eigenvalue weighted by Crippen LogP contribution is -2.16. The molecule has 2 aromatic rings. The van der Waals surface area contributed by atoms with Crippen LogP contribution in [-0.4, -0.2) is 10.1 Å². The molecule has 110 valence electrons. The van der Waals surface area contributed by atoms with Crippen molar-refractivity contribution in [3.05, 3.63) is 43.7 Å². The van der Waals surface area contributed by atoms with Crippen LogP contribution in [0.4, 0.5) is 14.6 Å². The number of nitriles is 2. The number of aromatic hydroxyl groups is 1. The second kappa shape index (κ2) is 5.47. The van der Waals surface area contributed by atoms with E-state index in [2.05, 4.69) is 20.9 Å². The van der Waals surface area contributed by atoms with Crippen LogP contribution in [0.25, 0.3) is 11.1 Å². The molecule has 0 saturated carbocycles. The number of hydrogen-bond acceptors (Lipinski definition) is 5. The molecule has 0 saturated heterocycles. The van der Waals surface area contributed by atoms with E-state index in [9.17, 15) is 18.7 Å². The molecular formula is C13H5BrF2N4O2. The van der Waals surface area contributed by atoms with Gasteiger partial charge in [0.2, 0.25) is 5.82 Å². The van der Waals surface area contributed by atoms with Gasteiger partial charge in [0.25, 0.3) is 5.56 Å². The van der Waals surface area contributed by atoms with Crippen molar-refractivity contribution in [1.29, 1.82) is 10.5 Å². The summed E-state index contributed by atoms with van der Waals surface area (Å²) < 4.78 is 27.6. The topological polar surface area (TPSA) is 127 Å². The number of anilines is 1. The normalized spacial score (nSPS) is 10.0. The van der Waals surface area contributed by atoms with E-state index in [0.29, 0.717) is 0 Å². The van der Waals surface area contributed by atoms with Gasteiger partial charge in [-0.2, -0.15) is 14.9 Å². The van der Waals surface area contributed by atoms with E-state index in [4.69, 9.17) is 16.3 Å². The van der Waals surface area contributed by atoms with Crippen molar-refractivity contribution in [2.75, 3.05) is 5.73 Å². The molecule has 0 aliphatic carbocycles. The van der Waals surface area contributed by atoms with Crippen molar-refractivity contribution in [2.24, 2.45) is 0 Å². The highest BCUT2D eigenvalue weighted by atomic mass is 79.9. The van der Waals surface area contributed by atoms with Crippen molar-refractivity contribution in [3.8, 4) is 29.0 Å². The molecule has 0 aliphatic heterocycles. The van der Waals surface area contributed by atoms with Gasteiger partial charge in [0.15, 0.2) is 11.6 Å². The number of rotatable bonds is 1. The molecule has 1 aromatic carbocycles. The molecule has 0 spiro atoms. The average Bonchev–Trinajstić information content (AvgIpc) is 2.48. The van der Waals surface area contributed by atoms with Gasteiger partial charge in [0, 0.05) is 11.1 Å². The lowest BCUT2D eigenvalue weighted by molar-refractivity contribution is 0.405. The number of nitrogens with two attached hydrogens (primary N) is 1. The van der Waals surface area contributed by atoms with Gasteiger partial charge in [-0.25, -0.2) is 4.39 Å². The van der Waals surface area contributed by atoms with E-state index in [1.165, 1.54) is 6.07 Å². The molecule has 4 N–H and O–H groups in total. The van der Waals surface area contributed by atoms with Crippen LogP contribution in [0.2, 0.25) is 0 Å². The molecule has 0 fully saturated rings. The second-order valence-electron chi connectivity index (χ2n) is 4.10. The molecule has 9 heteroatoms. The molecule has 0 unspecified atom stereocenters. The first kappa shape index (κ1) is 15.5. The molecular weight excluding hydrogens is 362 g/mol. The zero-order chi connectivity index (χ0) is 16.6. The third kappa shape index (κ3) is 2.18. The number of pyridine rings is 1. The highest BCUT2D eigenvalue weighted by molar-refractivity contribution is 9.10. The zero-order valence-corrected chi connectivity index (χ0v) is 12.1. The van der Waals surface area contributed by atoms with Gasteiger partial charge in [-0.3, -0.25) is 4.79 Å². The SMILES string of the molecule is N#Cc1c(N)[nH]c(=O)c(C#N)c1-c1cc(Br)c(O)c(F)c1F. The standard InChI is InChI=1S/C13H5BrF2N4O2/c14-7-1-4(9(15)10(16)11(7)21)8-5(2-17)12(19)20-13(22)6(8)3-18/h1,21H,(H3,19,20,22). The van der Waals surface area contributed by atoms with Crippen LogP contribution < -0.4 is 11.3 Å². The Morgan fingerprint density at radius 3 is 2.36 bits per heavy atom. The summed E-state index contributed by atoms with van der Waals surface area (Å²) in [6.45, 7) is 0. The number of phenols is 1. The van der Waals surface area contributed by atoms with Crippen molar-refractivity contribution in [3.63, 3.8) is 0 Å². The number of H-pyrrole nitrogens is 1. The predicted molar refractivity (Wildman–Crippen MR) is 75.6 cm³/mol. The Hall–Kier alpha value is -2.91. The van der Waals surface area contributed by atoms with E-state index in [0.717, 1.165) is 6.07 Å². The Bertz CT molecular complexity index is 941. The fourth-order valence-corrected chi connectivity index (χ4v) is 2.28. The third-order valence-electron chi connectivity index (χ3n) is 2.87. The predicted octanol–water partition coefficient (Wildman–Crippen LogP) is 2.11. The summed E-state index contributed by atoms with van der Waals surface area (Å²) >= 11 is 2.82. The van der Waals surface area contributed by atoms with Crippen molar-refractivity contribution in [1.82, 2.24) is 4.98 Å². The third-order valence-corrected chi connectivity index (χ3v) is 3.48. The van der Waals surface area contributed by atoms with Crippen LogP contribution in [0.15, 0.2) is 15.3 Å². The zero-order valence-electron chi connectivity index (χ0n) is 10.5. The smallest absolute Gasteiger partial charge is 0.268 e. The van der Waals surface area contributed by atoms with E-state index in [1.54, 1.807) is 6.07 Å². The molecule has 0 amide bonds. The number of aromatic nitrogens is 1. The van der Waals surface area contributed by atoms with Crippen LogP contribution in [0.1, 0.15) is 11.1 Å². The van der Waals surface area contributed by atoms with Gasteiger partial charge in [0.05, 0.1) is 4.47 Å². The molecule has 0 bridgehead atoms. The average molecular weight is 367 g/mol. The highest BCUT2D eigenvalue weighted by Crippen LogP contribution is 2.38. The Kier molecular flexibility index (Phi) is 3.85. The number of nitrogen functional groups attached to an aromatic ring is 1. The van der Waals surface area contributed by atoms with Gasteiger partial charge in [-0.05, 0) is 22.0 Å². The van der Waals surface area contributed by atoms with Gasteiger partial charge < -0.3 is 15.8 Å². The molecule has 1 heterocycles. The first-order valence-corrected chi connectivity index (χ1v) is 6.35. The molecule has 22 heavy (non-hydrogen) atoms. The minimum atomic E-state index is -1.59. The number of phenolic OH excluding ortho intramolecular Hbond substituents is 1. The lowest BCUT2D eigenvalue weighted by Gasteiger charge is -2.11. The minimum Gasteiger partial charge on any atom is -0.504 e. The number of aromatic amines is 1. The lowest BCUT2D eigenvalue weighted by atomic mass is 9.96. The van der Waals surface area contributed by atoms with Crippen LogP contribution in [0.3, 0.4) is 0 Å². The van der Waals surface area contributed by atoms with E-state index >= 15 is 0 Å². The van der Waals surface area contributed by atoms with Crippen LogP contribution in [0, 0.1) is 34.3 Å². The summed E-state index contributed by atoms with van der Waals surface area (Å²) in [7, 11) is 0. The van der Waals surface area contributed by atoms with Gasteiger partial charge in [-0.15, -0.1) is 0 Å². The molecule has 2 rings (SSSR count). The van der Waals surface area contributed by atoms with Crippen molar-refractivity contribution >= 4 is 21.7 Å². The van der Waals surface area contributed by atoms with Crippen LogP contribution in [0.5, 0.6) is 5.75 Å². The number of hydrogen-bond donors (Lipinski definition) is 3. The first-order valence-electron chi connectivity index (χ1n) is 5.56. The summed E-state index contributed by atoms with van der Waals surface area (Å²) in [5, 5.41) is 27.5. The molecule has 0 radical (unpaired) electrons. The molecule has 0 aliphatic rings. The molecule has 6 nitrogen and oxygen atoms in total. The monoisotopic (exact) mass is 366 g/mol. The number of nitrogens with one attached hydrogen (secondary N) is 1. The van der Waals surface area contributed by atoms with E-state index in [-0.39, 0.29) is 15.9 Å². The summed E-state index contributed by atoms with van der Waals surface area (Å²) in [4.78, 5) is 13.8. The Morgan fingerprint density at radius 1 is 1.23 bits per heavy atom.